The Hall–Kier alpha value is -3.36. The van der Waals surface area contributed by atoms with Gasteiger partial charge in [-0.25, -0.2) is 8.42 Å². The predicted octanol–water partition coefficient (Wildman–Crippen LogP) is 5.57. The Labute approximate surface area is 236 Å². The number of nitrogens with one attached hydrogen (secondary N) is 1. The van der Waals surface area contributed by atoms with Gasteiger partial charge in [-0.15, -0.1) is 0 Å². The van der Waals surface area contributed by atoms with E-state index >= 15 is 0 Å². The molecule has 3 aromatic rings. The molecule has 0 aliphatic rings. The Balaban J connectivity index is 2.08. The molecule has 1 unspecified atom stereocenters. The van der Waals surface area contributed by atoms with Crippen molar-refractivity contribution in [1.29, 1.82) is 0 Å². The molecule has 0 spiro atoms. The van der Waals surface area contributed by atoms with E-state index in [2.05, 4.69) is 5.32 Å². The molecule has 7 nitrogen and oxygen atoms in total. The number of hydrogen-bond acceptors (Lipinski definition) is 4. The highest BCUT2D eigenvalue weighted by Crippen LogP contribution is 2.27. The van der Waals surface area contributed by atoms with Gasteiger partial charge in [0.05, 0.1) is 10.6 Å². The highest BCUT2D eigenvalue weighted by atomic mass is 35.5. The number of halogens is 1. The van der Waals surface area contributed by atoms with E-state index in [1.807, 2.05) is 58.9 Å². The Bertz CT molecular complexity index is 1400. The van der Waals surface area contributed by atoms with Crippen LogP contribution in [0, 0.1) is 6.92 Å². The van der Waals surface area contributed by atoms with E-state index in [0.29, 0.717) is 11.4 Å². The number of rotatable bonds is 10. The third kappa shape index (κ3) is 7.83. The van der Waals surface area contributed by atoms with Gasteiger partial charge in [-0.1, -0.05) is 67.1 Å². The monoisotopic (exact) mass is 569 g/mol. The standard InChI is InChI=1S/C30H36ClN3O4S/c1-6-27(29(36)32-30(3,4)5)33(20-23-14-11-10-13-22(23)2)28(35)21-34(25-16-12-15-24(31)19-25)39(37,38)26-17-8-7-9-18-26/h7-19,27H,6,20-21H2,1-5H3,(H,32,36). The summed E-state index contributed by atoms with van der Waals surface area (Å²) in [4.78, 5) is 29.0. The lowest BCUT2D eigenvalue weighted by molar-refractivity contribution is -0.141. The normalized spacial score (nSPS) is 12.5. The molecule has 2 amide bonds. The highest BCUT2D eigenvalue weighted by molar-refractivity contribution is 7.92. The summed E-state index contributed by atoms with van der Waals surface area (Å²) in [5.74, 6) is -0.805. The first-order valence-corrected chi connectivity index (χ1v) is 14.6. The van der Waals surface area contributed by atoms with E-state index in [1.165, 1.54) is 23.1 Å². The fraction of sp³-hybridized carbons (Fsp3) is 0.333. The maximum Gasteiger partial charge on any atom is 0.264 e. The molecular weight excluding hydrogens is 534 g/mol. The van der Waals surface area contributed by atoms with Crippen LogP contribution in [0.25, 0.3) is 0 Å². The van der Waals surface area contributed by atoms with E-state index in [1.54, 1.807) is 36.4 Å². The van der Waals surface area contributed by atoms with Crippen LogP contribution < -0.4 is 9.62 Å². The van der Waals surface area contributed by atoms with Crippen molar-refractivity contribution < 1.29 is 18.0 Å². The van der Waals surface area contributed by atoms with Gasteiger partial charge in [0, 0.05) is 17.1 Å². The van der Waals surface area contributed by atoms with Gasteiger partial charge in [0.1, 0.15) is 12.6 Å². The summed E-state index contributed by atoms with van der Waals surface area (Å²) in [7, 11) is -4.14. The van der Waals surface area contributed by atoms with Crippen LogP contribution in [-0.2, 0) is 26.2 Å². The largest absolute Gasteiger partial charge is 0.350 e. The first-order valence-electron chi connectivity index (χ1n) is 12.8. The Morgan fingerprint density at radius 2 is 1.59 bits per heavy atom. The van der Waals surface area contributed by atoms with Crippen LogP contribution >= 0.6 is 11.6 Å². The van der Waals surface area contributed by atoms with E-state index in [4.69, 9.17) is 11.6 Å². The van der Waals surface area contributed by atoms with Crippen LogP contribution in [-0.4, -0.2) is 43.3 Å². The molecule has 0 bridgehead atoms. The number of carbonyl (C=O) groups is 2. The third-order valence-corrected chi connectivity index (χ3v) is 8.22. The van der Waals surface area contributed by atoms with E-state index in [9.17, 15) is 18.0 Å². The van der Waals surface area contributed by atoms with Gasteiger partial charge in [0.25, 0.3) is 10.0 Å². The first kappa shape index (κ1) is 30.2. The Morgan fingerprint density at radius 3 is 2.18 bits per heavy atom. The second-order valence-corrected chi connectivity index (χ2v) is 12.7. The molecule has 0 fully saturated rings. The summed E-state index contributed by atoms with van der Waals surface area (Å²) in [6.45, 7) is 9.03. The van der Waals surface area contributed by atoms with Crippen LogP contribution in [0.2, 0.25) is 5.02 Å². The molecule has 208 valence electrons. The van der Waals surface area contributed by atoms with Crippen LogP contribution in [0.3, 0.4) is 0 Å². The summed E-state index contributed by atoms with van der Waals surface area (Å²) < 4.78 is 28.7. The fourth-order valence-corrected chi connectivity index (χ4v) is 5.83. The number of amides is 2. The number of benzene rings is 3. The molecule has 1 N–H and O–H groups in total. The van der Waals surface area contributed by atoms with Gasteiger partial charge in [-0.3, -0.25) is 13.9 Å². The van der Waals surface area contributed by atoms with Crippen LogP contribution in [0.1, 0.15) is 45.2 Å². The van der Waals surface area contributed by atoms with Crippen molar-refractivity contribution in [3.05, 3.63) is 95.0 Å². The minimum Gasteiger partial charge on any atom is -0.350 e. The molecule has 0 heterocycles. The average molecular weight is 570 g/mol. The van der Waals surface area contributed by atoms with Crippen LogP contribution in [0.15, 0.2) is 83.8 Å². The molecule has 0 aliphatic carbocycles. The smallest absolute Gasteiger partial charge is 0.264 e. The zero-order chi connectivity index (χ0) is 28.8. The molecule has 9 heteroatoms. The second-order valence-electron chi connectivity index (χ2n) is 10.4. The molecular formula is C30H36ClN3O4S. The van der Waals surface area contributed by atoms with Gasteiger partial charge >= 0.3 is 0 Å². The molecule has 0 aromatic heterocycles. The topological polar surface area (TPSA) is 86.8 Å². The SMILES string of the molecule is CCC(C(=O)NC(C)(C)C)N(Cc1ccccc1C)C(=O)CN(c1cccc(Cl)c1)S(=O)(=O)c1ccccc1. The van der Waals surface area contributed by atoms with Crippen molar-refractivity contribution in [2.24, 2.45) is 0 Å². The van der Waals surface area contributed by atoms with Crippen molar-refractivity contribution in [3.63, 3.8) is 0 Å². The first-order chi connectivity index (χ1) is 18.3. The zero-order valence-electron chi connectivity index (χ0n) is 23.0. The summed E-state index contributed by atoms with van der Waals surface area (Å²) in [5.41, 5.74) is 1.58. The Morgan fingerprint density at radius 1 is 0.949 bits per heavy atom. The number of sulfonamides is 1. The lowest BCUT2D eigenvalue weighted by Gasteiger charge is -2.35. The van der Waals surface area contributed by atoms with E-state index in [-0.39, 0.29) is 23.0 Å². The van der Waals surface area contributed by atoms with Gasteiger partial charge in [-0.2, -0.15) is 0 Å². The zero-order valence-corrected chi connectivity index (χ0v) is 24.6. The van der Waals surface area contributed by atoms with E-state index < -0.39 is 34.1 Å². The number of carbonyl (C=O) groups excluding carboxylic acids is 2. The number of hydrogen-bond donors (Lipinski definition) is 1. The quantitative estimate of drug-likeness (QED) is 0.346. The molecule has 0 saturated carbocycles. The molecule has 0 saturated heterocycles. The number of nitrogens with zero attached hydrogens (tertiary/aromatic N) is 2. The van der Waals surface area contributed by atoms with Gasteiger partial charge in [0.2, 0.25) is 11.8 Å². The van der Waals surface area contributed by atoms with Crippen molar-refractivity contribution in [2.75, 3.05) is 10.8 Å². The highest BCUT2D eigenvalue weighted by Gasteiger charge is 2.34. The van der Waals surface area contributed by atoms with Crippen molar-refractivity contribution in [2.45, 2.75) is 64.1 Å². The van der Waals surface area contributed by atoms with Crippen molar-refractivity contribution in [3.8, 4) is 0 Å². The lowest BCUT2D eigenvalue weighted by atomic mass is 10.0. The summed E-state index contributed by atoms with van der Waals surface area (Å²) in [6, 6.07) is 21.1. The second kappa shape index (κ2) is 12.7. The van der Waals surface area contributed by atoms with Crippen molar-refractivity contribution >= 4 is 39.1 Å². The van der Waals surface area contributed by atoms with Crippen LogP contribution in [0.4, 0.5) is 5.69 Å². The summed E-state index contributed by atoms with van der Waals surface area (Å²) in [5, 5.41) is 3.31. The summed E-state index contributed by atoms with van der Waals surface area (Å²) >= 11 is 6.22. The minimum atomic E-state index is -4.14. The fourth-order valence-electron chi connectivity index (χ4n) is 4.22. The Kier molecular flexibility index (Phi) is 9.80. The molecule has 3 rings (SSSR count). The molecule has 3 aromatic carbocycles. The molecule has 0 aliphatic heterocycles. The van der Waals surface area contributed by atoms with E-state index in [0.717, 1.165) is 15.4 Å². The average Bonchev–Trinajstić information content (AvgIpc) is 2.87. The molecule has 0 radical (unpaired) electrons. The predicted molar refractivity (Wildman–Crippen MR) is 156 cm³/mol. The minimum absolute atomic E-state index is 0.0424. The molecule has 1 atom stereocenters. The van der Waals surface area contributed by atoms with Gasteiger partial charge in [0.15, 0.2) is 0 Å². The van der Waals surface area contributed by atoms with Crippen LogP contribution in [0.5, 0.6) is 0 Å². The molecule has 39 heavy (non-hydrogen) atoms. The maximum absolute atomic E-state index is 14.1. The van der Waals surface area contributed by atoms with Gasteiger partial charge < -0.3 is 10.2 Å². The summed E-state index contributed by atoms with van der Waals surface area (Å²) in [6.07, 6.45) is 0.349. The third-order valence-electron chi connectivity index (χ3n) is 6.19. The lowest BCUT2D eigenvalue weighted by Crippen LogP contribution is -2.55. The maximum atomic E-state index is 14.1. The van der Waals surface area contributed by atoms with Gasteiger partial charge in [-0.05, 0) is 75.6 Å². The number of aryl methyl sites for hydroxylation is 1. The number of anilines is 1. The van der Waals surface area contributed by atoms with Crippen molar-refractivity contribution in [1.82, 2.24) is 10.2 Å².